The summed E-state index contributed by atoms with van der Waals surface area (Å²) in [6.45, 7) is 2.07. The van der Waals surface area contributed by atoms with Gasteiger partial charge in [0.05, 0.1) is 6.07 Å². The quantitative estimate of drug-likeness (QED) is 0.605. The molecule has 0 N–H and O–H groups in total. The van der Waals surface area contributed by atoms with Crippen LogP contribution in [0.3, 0.4) is 0 Å². The Bertz CT molecular complexity index is 293. The van der Waals surface area contributed by atoms with Gasteiger partial charge in [-0.15, -0.1) is 0 Å². The van der Waals surface area contributed by atoms with Crippen molar-refractivity contribution < 1.29 is 0 Å². The minimum atomic E-state index is 0.325. The Morgan fingerprint density at radius 2 is 2.00 bits per heavy atom. The van der Waals surface area contributed by atoms with Gasteiger partial charge in [0.15, 0.2) is 0 Å². The summed E-state index contributed by atoms with van der Waals surface area (Å²) >= 11 is 0. The van der Waals surface area contributed by atoms with E-state index in [-0.39, 0.29) is 0 Å². The van der Waals surface area contributed by atoms with E-state index in [2.05, 4.69) is 19.1 Å². The highest BCUT2D eigenvalue weighted by Gasteiger charge is 1.97. The van der Waals surface area contributed by atoms with Crippen LogP contribution in [0.25, 0.3) is 0 Å². The maximum Gasteiger partial charge on any atom is 0.0908 e. The topological polar surface area (TPSA) is 23.8 Å². The minimum absolute atomic E-state index is 0.325. The fourth-order valence-electron chi connectivity index (χ4n) is 1.06. The van der Waals surface area contributed by atoms with Crippen molar-refractivity contribution in [2.75, 3.05) is 0 Å². The zero-order valence-corrected chi connectivity index (χ0v) is 7.07. The summed E-state index contributed by atoms with van der Waals surface area (Å²) in [4.78, 5) is 0. The van der Waals surface area contributed by atoms with Crippen LogP contribution in [0.4, 0.5) is 0 Å². The smallest absolute Gasteiger partial charge is 0.0908 e. The number of rotatable bonds is 2. The summed E-state index contributed by atoms with van der Waals surface area (Å²) < 4.78 is 0. The average molecular weight is 157 g/mol. The molecule has 0 fully saturated rings. The highest BCUT2D eigenvalue weighted by Crippen LogP contribution is 2.14. The fraction of sp³-hybridized carbons (Fsp3) is 0.182. The molecule has 1 heteroatoms. The second-order valence-electron chi connectivity index (χ2n) is 2.69. The first kappa shape index (κ1) is 8.55. The minimum Gasteiger partial charge on any atom is -0.193 e. The molecule has 0 aliphatic rings. The Kier molecular flexibility index (Phi) is 3.10. The van der Waals surface area contributed by atoms with E-state index in [9.17, 15) is 0 Å². The molecule has 0 heterocycles. The molecule has 0 unspecified atom stereocenters. The summed E-state index contributed by atoms with van der Waals surface area (Å²) in [6.07, 6.45) is 3.42. The van der Waals surface area contributed by atoms with Crippen LogP contribution in [0.15, 0.2) is 42.5 Å². The Balaban J connectivity index is 2.73. The van der Waals surface area contributed by atoms with Crippen molar-refractivity contribution >= 4 is 0 Å². The van der Waals surface area contributed by atoms with Gasteiger partial charge in [0.2, 0.25) is 0 Å². The molecule has 0 spiro atoms. The lowest BCUT2D eigenvalue weighted by Gasteiger charge is -2.03. The first-order valence-corrected chi connectivity index (χ1v) is 3.96. The zero-order valence-electron chi connectivity index (χ0n) is 7.07. The highest BCUT2D eigenvalue weighted by atomic mass is 14.2. The molecule has 0 aromatic heterocycles. The molecular formula is C11H11N. The number of nitriles is 1. The van der Waals surface area contributed by atoms with Crippen LogP contribution in [-0.4, -0.2) is 0 Å². The largest absolute Gasteiger partial charge is 0.193 e. The van der Waals surface area contributed by atoms with Gasteiger partial charge in [-0.3, -0.25) is 0 Å². The van der Waals surface area contributed by atoms with Gasteiger partial charge in [0, 0.05) is 6.08 Å². The van der Waals surface area contributed by atoms with Gasteiger partial charge in [0.1, 0.15) is 0 Å². The molecule has 1 nitrogen and oxygen atoms in total. The van der Waals surface area contributed by atoms with E-state index in [1.807, 2.05) is 30.3 Å². The van der Waals surface area contributed by atoms with Gasteiger partial charge >= 0.3 is 0 Å². The fourth-order valence-corrected chi connectivity index (χ4v) is 1.06. The van der Waals surface area contributed by atoms with E-state index in [0.29, 0.717) is 5.92 Å². The molecule has 1 aromatic carbocycles. The van der Waals surface area contributed by atoms with E-state index in [0.717, 1.165) is 0 Å². The third-order valence-electron chi connectivity index (χ3n) is 1.78. The molecule has 0 aliphatic heterocycles. The first-order chi connectivity index (χ1) is 5.84. The second kappa shape index (κ2) is 4.35. The van der Waals surface area contributed by atoms with Crippen molar-refractivity contribution in [3.63, 3.8) is 0 Å². The van der Waals surface area contributed by atoms with E-state index < -0.39 is 0 Å². The van der Waals surface area contributed by atoms with Crippen LogP contribution in [0.5, 0.6) is 0 Å². The van der Waals surface area contributed by atoms with Gasteiger partial charge in [-0.25, -0.2) is 0 Å². The predicted molar refractivity (Wildman–Crippen MR) is 49.6 cm³/mol. The summed E-state index contributed by atoms with van der Waals surface area (Å²) in [5.41, 5.74) is 1.24. The number of hydrogen-bond donors (Lipinski definition) is 0. The van der Waals surface area contributed by atoms with Crippen molar-refractivity contribution in [2.24, 2.45) is 0 Å². The van der Waals surface area contributed by atoms with Crippen molar-refractivity contribution in [3.05, 3.63) is 48.0 Å². The Morgan fingerprint density at radius 1 is 1.33 bits per heavy atom. The predicted octanol–water partition coefficient (Wildman–Crippen LogP) is 2.87. The molecule has 0 saturated carbocycles. The van der Waals surface area contributed by atoms with E-state index in [1.54, 1.807) is 0 Å². The molecule has 0 radical (unpaired) electrons. The average Bonchev–Trinajstić information content (AvgIpc) is 2.15. The van der Waals surface area contributed by atoms with Crippen molar-refractivity contribution in [2.45, 2.75) is 12.8 Å². The highest BCUT2D eigenvalue weighted by molar-refractivity contribution is 5.24. The van der Waals surface area contributed by atoms with Crippen LogP contribution in [0.2, 0.25) is 0 Å². The van der Waals surface area contributed by atoms with Crippen molar-refractivity contribution in [1.82, 2.24) is 0 Å². The van der Waals surface area contributed by atoms with Gasteiger partial charge in [0.25, 0.3) is 0 Å². The molecule has 0 amide bonds. The normalized spacial score (nSPS) is 12.7. The van der Waals surface area contributed by atoms with Crippen molar-refractivity contribution in [3.8, 4) is 6.07 Å². The van der Waals surface area contributed by atoms with E-state index in [1.165, 1.54) is 11.6 Å². The SMILES string of the molecule is C[C@@H](/C=C/C#N)c1ccccc1. The Morgan fingerprint density at radius 3 is 2.58 bits per heavy atom. The number of hydrogen-bond acceptors (Lipinski definition) is 1. The molecule has 1 atom stereocenters. The lowest BCUT2D eigenvalue weighted by molar-refractivity contribution is 0.968. The molecule has 1 aromatic rings. The molecular weight excluding hydrogens is 146 g/mol. The monoisotopic (exact) mass is 157 g/mol. The van der Waals surface area contributed by atoms with E-state index in [4.69, 9.17) is 5.26 Å². The number of allylic oxidation sites excluding steroid dienone is 2. The second-order valence-corrected chi connectivity index (χ2v) is 2.69. The summed E-state index contributed by atoms with van der Waals surface area (Å²) in [7, 11) is 0. The molecule has 0 bridgehead atoms. The summed E-state index contributed by atoms with van der Waals surface area (Å²) in [5.74, 6) is 0.325. The Labute approximate surface area is 73.0 Å². The maximum absolute atomic E-state index is 8.33. The first-order valence-electron chi connectivity index (χ1n) is 3.96. The number of benzene rings is 1. The lowest BCUT2D eigenvalue weighted by atomic mass is 10.0. The Hall–Kier alpha value is -1.55. The summed E-state index contributed by atoms with van der Waals surface area (Å²) in [6, 6.07) is 12.1. The molecule has 1 rings (SSSR count). The van der Waals surface area contributed by atoms with Gasteiger partial charge in [-0.05, 0) is 11.5 Å². The lowest BCUT2D eigenvalue weighted by Crippen LogP contribution is -1.86. The van der Waals surface area contributed by atoms with Crippen molar-refractivity contribution in [1.29, 1.82) is 5.26 Å². The molecule has 0 saturated heterocycles. The van der Waals surface area contributed by atoms with Crippen LogP contribution in [0.1, 0.15) is 18.4 Å². The molecule has 0 aliphatic carbocycles. The van der Waals surface area contributed by atoms with Crippen LogP contribution in [0, 0.1) is 11.3 Å². The number of nitrogens with zero attached hydrogens (tertiary/aromatic N) is 1. The van der Waals surface area contributed by atoms with E-state index >= 15 is 0 Å². The maximum atomic E-state index is 8.33. The molecule has 60 valence electrons. The third-order valence-corrected chi connectivity index (χ3v) is 1.78. The van der Waals surface area contributed by atoms with Gasteiger partial charge in [-0.1, -0.05) is 43.3 Å². The summed E-state index contributed by atoms with van der Waals surface area (Å²) in [5, 5.41) is 8.33. The third kappa shape index (κ3) is 2.25. The van der Waals surface area contributed by atoms with Crippen LogP contribution < -0.4 is 0 Å². The standard InChI is InChI=1S/C11H11N/c1-10(6-5-9-12)11-7-3-2-4-8-11/h2-8,10H,1H3/b6-5+/t10-/m0/s1. The van der Waals surface area contributed by atoms with Crippen LogP contribution in [-0.2, 0) is 0 Å². The zero-order chi connectivity index (χ0) is 8.81. The van der Waals surface area contributed by atoms with Gasteiger partial charge in [-0.2, -0.15) is 5.26 Å². The van der Waals surface area contributed by atoms with Crippen LogP contribution >= 0.6 is 0 Å². The molecule has 12 heavy (non-hydrogen) atoms. The van der Waals surface area contributed by atoms with Gasteiger partial charge < -0.3 is 0 Å².